The van der Waals surface area contributed by atoms with E-state index >= 15 is 0 Å². The minimum absolute atomic E-state index is 0.218. The van der Waals surface area contributed by atoms with Crippen molar-refractivity contribution < 1.29 is 9.90 Å². The van der Waals surface area contributed by atoms with Gasteiger partial charge in [0.1, 0.15) is 0 Å². The quantitative estimate of drug-likeness (QED) is 0.854. The highest BCUT2D eigenvalue weighted by Gasteiger charge is 2.45. The molecule has 0 bridgehead atoms. The van der Waals surface area contributed by atoms with Gasteiger partial charge >= 0.3 is 0 Å². The topological polar surface area (TPSA) is 40.5 Å². The van der Waals surface area contributed by atoms with Gasteiger partial charge in [0.2, 0.25) is 0 Å². The van der Waals surface area contributed by atoms with Gasteiger partial charge in [-0.2, -0.15) is 0 Å². The summed E-state index contributed by atoms with van der Waals surface area (Å²) in [4.78, 5) is 13.5. The van der Waals surface area contributed by atoms with Crippen LogP contribution >= 0.6 is 15.9 Å². The maximum atomic E-state index is 11.9. The Morgan fingerprint density at radius 1 is 1.44 bits per heavy atom. The second-order valence-corrected chi connectivity index (χ2v) is 5.27. The molecule has 0 aliphatic carbocycles. The molecule has 1 saturated heterocycles. The molecule has 0 saturated carbocycles. The summed E-state index contributed by atoms with van der Waals surface area (Å²) in [6.45, 7) is 2.54. The number of carbonyl (C=O) groups excluding carboxylic acids is 1. The molecule has 86 valence electrons. The number of benzene rings is 1. The first-order valence-corrected chi connectivity index (χ1v) is 5.98. The Hall–Kier alpha value is -0.870. The lowest BCUT2D eigenvalue weighted by molar-refractivity contribution is -0.143. The van der Waals surface area contributed by atoms with Gasteiger partial charge in [0, 0.05) is 24.5 Å². The van der Waals surface area contributed by atoms with E-state index in [4.69, 9.17) is 0 Å². The van der Waals surface area contributed by atoms with Crippen LogP contribution in [0.4, 0.5) is 0 Å². The molecule has 2 rings (SSSR count). The predicted octanol–water partition coefficient (Wildman–Crippen LogP) is 1.81. The van der Waals surface area contributed by atoms with Crippen LogP contribution in [0.15, 0.2) is 22.7 Å². The number of rotatable bonds is 1. The highest BCUT2D eigenvalue weighted by Crippen LogP contribution is 2.34. The maximum absolute atomic E-state index is 11.9. The van der Waals surface area contributed by atoms with Crippen molar-refractivity contribution in [1.29, 1.82) is 0 Å². The summed E-state index contributed by atoms with van der Waals surface area (Å²) in [5.41, 5.74) is 0.359. The van der Waals surface area contributed by atoms with Crippen molar-refractivity contribution >= 4 is 21.8 Å². The van der Waals surface area contributed by atoms with Gasteiger partial charge in [-0.3, -0.25) is 4.79 Å². The fourth-order valence-electron chi connectivity index (χ4n) is 2.10. The van der Waals surface area contributed by atoms with Crippen LogP contribution in [0.5, 0.6) is 0 Å². The molecule has 0 unspecified atom stereocenters. The van der Waals surface area contributed by atoms with Gasteiger partial charge in [0.15, 0.2) is 5.60 Å². The van der Waals surface area contributed by atoms with E-state index in [2.05, 4.69) is 15.9 Å². The van der Waals surface area contributed by atoms with E-state index in [-0.39, 0.29) is 5.91 Å². The van der Waals surface area contributed by atoms with Gasteiger partial charge in [-0.1, -0.05) is 22.0 Å². The SMILES string of the molecule is Cc1cc(Br)cc([C@]2(O)CCN(C)C2=O)c1. The Labute approximate surface area is 103 Å². The van der Waals surface area contributed by atoms with Crippen LogP contribution in [-0.4, -0.2) is 29.5 Å². The summed E-state index contributed by atoms with van der Waals surface area (Å²) in [5.74, 6) is -0.218. The second kappa shape index (κ2) is 3.86. The molecule has 16 heavy (non-hydrogen) atoms. The molecular weight excluding hydrogens is 270 g/mol. The number of carbonyl (C=O) groups is 1. The monoisotopic (exact) mass is 283 g/mol. The molecule has 1 N–H and O–H groups in total. The minimum atomic E-state index is -1.34. The van der Waals surface area contributed by atoms with Crippen molar-refractivity contribution in [2.24, 2.45) is 0 Å². The number of hydrogen-bond acceptors (Lipinski definition) is 2. The highest BCUT2D eigenvalue weighted by molar-refractivity contribution is 9.10. The highest BCUT2D eigenvalue weighted by atomic mass is 79.9. The van der Waals surface area contributed by atoms with E-state index in [0.717, 1.165) is 10.0 Å². The number of aryl methyl sites for hydroxylation is 1. The first-order chi connectivity index (χ1) is 7.43. The summed E-state index contributed by atoms with van der Waals surface area (Å²) in [5, 5.41) is 10.4. The van der Waals surface area contributed by atoms with Crippen molar-refractivity contribution in [2.75, 3.05) is 13.6 Å². The molecule has 0 spiro atoms. The lowest BCUT2D eigenvalue weighted by Gasteiger charge is -2.21. The summed E-state index contributed by atoms with van der Waals surface area (Å²) in [6, 6.07) is 5.63. The van der Waals surface area contributed by atoms with Gasteiger partial charge in [-0.25, -0.2) is 0 Å². The minimum Gasteiger partial charge on any atom is -0.375 e. The number of nitrogens with zero attached hydrogens (tertiary/aromatic N) is 1. The predicted molar refractivity (Wildman–Crippen MR) is 65.0 cm³/mol. The summed E-state index contributed by atoms with van der Waals surface area (Å²) < 4.78 is 0.887. The van der Waals surface area contributed by atoms with E-state index in [1.54, 1.807) is 11.9 Å². The lowest BCUT2D eigenvalue weighted by atomic mass is 9.91. The maximum Gasteiger partial charge on any atom is 0.258 e. The average Bonchev–Trinajstić information content (AvgIpc) is 2.46. The van der Waals surface area contributed by atoms with Crippen LogP contribution in [0.3, 0.4) is 0 Å². The third-order valence-corrected chi connectivity index (χ3v) is 3.49. The largest absolute Gasteiger partial charge is 0.375 e. The van der Waals surface area contributed by atoms with Crippen molar-refractivity contribution in [2.45, 2.75) is 18.9 Å². The molecule has 1 heterocycles. The van der Waals surface area contributed by atoms with E-state index in [9.17, 15) is 9.90 Å². The molecular formula is C12H14BrNO2. The number of halogens is 1. The van der Waals surface area contributed by atoms with Gasteiger partial charge in [0.05, 0.1) is 0 Å². The zero-order chi connectivity index (χ0) is 11.9. The number of likely N-dealkylation sites (N-methyl/N-ethyl adjacent to an activating group) is 1. The molecule has 1 aromatic rings. The molecule has 0 radical (unpaired) electrons. The summed E-state index contributed by atoms with van der Waals surface area (Å²) in [6.07, 6.45) is 0.457. The Morgan fingerprint density at radius 2 is 2.12 bits per heavy atom. The standard InChI is InChI=1S/C12H14BrNO2/c1-8-5-9(7-10(13)6-8)12(16)3-4-14(2)11(12)15/h5-7,16H,3-4H2,1-2H3/t12-/m1/s1. The molecule has 1 aliphatic rings. The Balaban J connectivity index is 2.47. The second-order valence-electron chi connectivity index (χ2n) is 4.35. The molecule has 1 aromatic carbocycles. The van der Waals surface area contributed by atoms with Gasteiger partial charge in [-0.05, 0) is 30.2 Å². The molecule has 0 aromatic heterocycles. The molecule has 1 aliphatic heterocycles. The van der Waals surface area contributed by atoms with Crippen molar-refractivity contribution in [3.05, 3.63) is 33.8 Å². The van der Waals surface area contributed by atoms with E-state index < -0.39 is 5.60 Å². The van der Waals surface area contributed by atoms with E-state index in [1.165, 1.54) is 0 Å². The van der Waals surface area contributed by atoms with Gasteiger partial charge in [0.25, 0.3) is 5.91 Å². The van der Waals surface area contributed by atoms with E-state index in [1.807, 2.05) is 25.1 Å². The number of amides is 1. The zero-order valence-corrected chi connectivity index (χ0v) is 10.9. The fraction of sp³-hybridized carbons (Fsp3) is 0.417. The third kappa shape index (κ3) is 1.76. The van der Waals surface area contributed by atoms with Gasteiger partial charge < -0.3 is 10.0 Å². The summed E-state index contributed by atoms with van der Waals surface area (Å²) >= 11 is 3.38. The number of aliphatic hydroxyl groups is 1. The fourth-order valence-corrected chi connectivity index (χ4v) is 2.70. The van der Waals surface area contributed by atoms with Crippen LogP contribution in [-0.2, 0) is 10.4 Å². The Kier molecular flexibility index (Phi) is 2.80. The molecule has 1 atom stereocenters. The van der Waals surface area contributed by atoms with Crippen LogP contribution in [0, 0.1) is 6.92 Å². The van der Waals surface area contributed by atoms with Crippen LogP contribution in [0.25, 0.3) is 0 Å². The van der Waals surface area contributed by atoms with Crippen LogP contribution < -0.4 is 0 Å². The Morgan fingerprint density at radius 3 is 2.62 bits per heavy atom. The molecule has 3 nitrogen and oxygen atoms in total. The average molecular weight is 284 g/mol. The molecule has 1 fully saturated rings. The first-order valence-electron chi connectivity index (χ1n) is 5.19. The third-order valence-electron chi connectivity index (χ3n) is 3.03. The van der Waals surface area contributed by atoms with Gasteiger partial charge in [-0.15, -0.1) is 0 Å². The van der Waals surface area contributed by atoms with Crippen LogP contribution in [0.2, 0.25) is 0 Å². The lowest BCUT2D eigenvalue weighted by Crippen LogP contribution is -2.36. The number of likely N-dealkylation sites (tertiary alicyclic amines) is 1. The molecule has 1 amide bonds. The van der Waals surface area contributed by atoms with Crippen molar-refractivity contribution in [1.82, 2.24) is 4.90 Å². The smallest absolute Gasteiger partial charge is 0.258 e. The van der Waals surface area contributed by atoms with Crippen molar-refractivity contribution in [3.8, 4) is 0 Å². The number of hydrogen-bond donors (Lipinski definition) is 1. The van der Waals surface area contributed by atoms with E-state index in [0.29, 0.717) is 18.5 Å². The van der Waals surface area contributed by atoms with Crippen LogP contribution in [0.1, 0.15) is 17.5 Å². The Bertz CT molecular complexity index is 426. The first kappa shape index (κ1) is 11.6. The molecule has 4 heteroatoms. The summed E-state index contributed by atoms with van der Waals surface area (Å²) in [7, 11) is 1.71. The van der Waals surface area contributed by atoms with Crippen molar-refractivity contribution in [3.63, 3.8) is 0 Å². The zero-order valence-electron chi connectivity index (χ0n) is 9.33. The normalized spacial score (nSPS) is 25.2.